The van der Waals surface area contributed by atoms with E-state index >= 15 is 0 Å². The SMILES string of the molecule is CCCOc1cc(NCC(C)C)ccc1C(=O)O. The van der Waals surface area contributed by atoms with Crippen LogP contribution in [0.3, 0.4) is 0 Å². The molecule has 100 valence electrons. The second kappa shape index (κ2) is 6.89. The molecule has 1 rings (SSSR count). The topological polar surface area (TPSA) is 58.6 Å². The van der Waals surface area contributed by atoms with Crippen LogP contribution in [0.2, 0.25) is 0 Å². The second-order valence-electron chi connectivity index (χ2n) is 4.64. The highest BCUT2D eigenvalue weighted by Gasteiger charge is 2.12. The molecule has 4 nitrogen and oxygen atoms in total. The van der Waals surface area contributed by atoms with Crippen molar-refractivity contribution in [3.63, 3.8) is 0 Å². The van der Waals surface area contributed by atoms with E-state index < -0.39 is 5.97 Å². The average molecular weight is 251 g/mol. The number of carbonyl (C=O) groups is 1. The van der Waals surface area contributed by atoms with Gasteiger partial charge in [0.15, 0.2) is 0 Å². The van der Waals surface area contributed by atoms with Gasteiger partial charge in [0.2, 0.25) is 0 Å². The van der Waals surface area contributed by atoms with Crippen LogP contribution in [0.15, 0.2) is 18.2 Å². The van der Waals surface area contributed by atoms with E-state index in [1.54, 1.807) is 18.2 Å². The van der Waals surface area contributed by atoms with E-state index in [9.17, 15) is 4.79 Å². The minimum absolute atomic E-state index is 0.207. The van der Waals surface area contributed by atoms with Crippen molar-refractivity contribution in [3.05, 3.63) is 23.8 Å². The molecule has 0 aliphatic heterocycles. The Balaban J connectivity index is 2.86. The van der Waals surface area contributed by atoms with Crippen LogP contribution in [-0.2, 0) is 0 Å². The molecule has 0 bridgehead atoms. The molecule has 0 aliphatic carbocycles. The van der Waals surface area contributed by atoms with Gasteiger partial charge in [0.1, 0.15) is 11.3 Å². The number of rotatable bonds is 7. The van der Waals surface area contributed by atoms with Gasteiger partial charge in [-0.3, -0.25) is 0 Å². The minimum Gasteiger partial charge on any atom is -0.493 e. The zero-order valence-electron chi connectivity index (χ0n) is 11.2. The van der Waals surface area contributed by atoms with Crippen LogP contribution in [0.5, 0.6) is 5.75 Å². The predicted octanol–water partition coefficient (Wildman–Crippen LogP) is 3.24. The molecular weight excluding hydrogens is 230 g/mol. The highest BCUT2D eigenvalue weighted by atomic mass is 16.5. The fourth-order valence-corrected chi connectivity index (χ4v) is 1.46. The first-order chi connectivity index (χ1) is 8.54. The molecular formula is C14H21NO3. The quantitative estimate of drug-likeness (QED) is 0.781. The molecule has 0 spiro atoms. The summed E-state index contributed by atoms with van der Waals surface area (Å²) in [5.41, 5.74) is 1.10. The van der Waals surface area contributed by atoms with E-state index in [4.69, 9.17) is 9.84 Å². The van der Waals surface area contributed by atoms with E-state index in [0.717, 1.165) is 18.7 Å². The average Bonchev–Trinajstić information content (AvgIpc) is 2.33. The fraction of sp³-hybridized carbons (Fsp3) is 0.500. The van der Waals surface area contributed by atoms with Crippen LogP contribution in [0, 0.1) is 5.92 Å². The molecule has 0 saturated carbocycles. The molecule has 0 unspecified atom stereocenters. The molecule has 1 aromatic carbocycles. The van der Waals surface area contributed by atoms with Gasteiger partial charge in [-0.05, 0) is 24.5 Å². The van der Waals surface area contributed by atoms with Crippen LogP contribution in [0.1, 0.15) is 37.6 Å². The fourth-order valence-electron chi connectivity index (χ4n) is 1.46. The third-order valence-corrected chi connectivity index (χ3v) is 2.39. The van der Waals surface area contributed by atoms with Gasteiger partial charge in [0, 0.05) is 18.3 Å². The lowest BCUT2D eigenvalue weighted by atomic mass is 10.1. The number of ether oxygens (including phenoxy) is 1. The monoisotopic (exact) mass is 251 g/mol. The molecule has 0 atom stereocenters. The van der Waals surface area contributed by atoms with Gasteiger partial charge in [-0.1, -0.05) is 20.8 Å². The Morgan fingerprint density at radius 2 is 2.17 bits per heavy atom. The highest BCUT2D eigenvalue weighted by molar-refractivity contribution is 5.91. The summed E-state index contributed by atoms with van der Waals surface area (Å²) in [5, 5.41) is 12.3. The van der Waals surface area contributed by atoms with Crippen molar-refractivity contribution in [1.82, 2.24) is 0 Å². The lowest BCUT2D eigenvalue weighted by Crippen LogP contribution is -2.09. The highest BCUT2D eigenvalue weighted by Crippen LogP contribution is 2.24. The first-order valence-corrected chi connectivity index (χ1v) is 6.28. The van der Waals surface area contributed by atoms with Crippen molar-refractivity contribution in [2.45, 2.75) is 27.2 Å². The molecule has 0 amide bonds. The van der Waals surface area contributed by atoms with Crippen LogP contribution >= 0.6 is 0 Å². The minimum atomic E-state index is -0.962. The lowest BCUT2D eigenvalue weighted by molar-refractivity contribution is 0.0692. The van der Waals surface area contributed by atoms with E-state index in [1.807, 2.05) is 6.92 Å². The molecule has 0 fully saturated rings. The zero-order chi connectivity index (χ0) is 13.5. The molecule has 0 aromatic heterocycles. The number of hydrogen-bond donors (Lipinski definition) is 2. The maximum atomic E-state index is 11.1. The zero-order valence-corrected chi connectivity index (χ0v) is 11.2. The molecule has 0 aliphatic rings. The summed E-state index contributed by atoms with van der Waals surface area (Å²) in [6, 6.07) is 5.10. The van der Waals surface area contributed by atoms with Crippen molar-refractivity contribution >= 4 is 11.7 Å². The molecule has 1 aromatic rings. The molecule has 0 heterocycles. The summed E-state index contributed by atoms with van der Waals surface area (Å²) >= 11 is 0. The van der Waals surface area contributed by atoms with E-state index in [-0.39, 0.29) is 5.56 Å². The summed E-state index contributed by atoms with van der Waals surface area (Å²) in [5.74, 6) is -0.00113. The summed E-state index contributed by atoms with van der Waals surface area (Å²) in [6.07, 6.45) is 0.850. The lowest BCUT2D eigenvalue weighted by Gasteiger charge is -2.13. The molecule has 0 saturated heterocycles. The smallest absolute Gasteiger partial charge is 0.339 e. The number of nitrogens with one attached hydrogen (secondary N) is 1. The van der Waals surface area contributed by atoms with Crippen molar-refractivity contribution in [3.8, 4) is 5.75 Å². The van der Waals surface area contributed by atoms with Gasteiger partial charge in [-0.2, -0.15) is 0 Å². The summed E-state index contributed by atoms with van der Waals surface area (Å²) in [6.45, 7) is 7.59. The molecule has 18 heavy (non-hydrogen) atoms. The number of benzene rings is 1. The summed E-state index contributed by atoms with van der Waals surface area (Å²) in [7, 11) is 0. The number of carboxylic acid groups (broad SMARTS) is 1. The van der Waals surface area contributed by atoms with Gasteiger partial charge in [0.25, 0.3) is 0 Å². The van der Waals surface area contributed by atoms with Gasteiger partial charge in [0.05, 0.1) is 6.61 Å². The number of hydrogen-bond acceptors (Lipinski definition) is 3. The Labute approximate surface area is 108 Å². The van der Waals surface area contributed by atoms with Crippen LogP contribution in [0.25, 0.3) is 0 Å². The Bertz CT molecular complexity index is 402. The van der Waals surface area contributed by atoms with Crippen LogP contribution < -0.4 is 10.1 Å². The number of carboxylic acids is 1. The maximum absolute atomic E-state index is 11.1. The van der Waals surface area contributed by atoms with Crippen molar-refractivity contribution in [1.29, 1.82) is 0 Å². The Kier molecular flexibility index (Phi) is 5.49. The second-order valence-corrected chi connectivity index (χ2v) is 4.64. The molecule has 0 radical (unpaired) electrons. The van der Waals surface area contributed by atoms with Gasteiger partial charge in [-0.25, -0.2) is 4.79 Å². The normalized spacial score (nSPS) is 10.4. The van der Waals surface area contributed by atoms with Crippen molar-refractivity contribution in [2.75, 3.05) is 18.5 Å². The third-order valence-electron chi connectivity index (χ3n) is 2.39. The Morgan fingerprint density at radius 3 is 2.72 bits per heavy atom. The van der Waals surface area contributed by atoms with Crippen molar-refractivity contribution in [2.24, 2.45) is 5.92 Å². The third kappa shape index (κ3) is 4.28. The largest absolute Gasteiger partial charge is 0.493 e. The predicted molar refractivity (Wildman–Crippen MR) is 72.5 cm³/mol. The van der Waals surface area contributed by atoms with Gasteiger partial charge < -0.3 is 15.2 Å². The van der Waals surface area contributed by atoms with E-state index in [1.165, 1.54) is 0 Å². The molecule has 4 heteroatoms. The first kappa shape index (κ1) is 14.4. The summed E-state index contributed by atoms with van der Waals surface area (Å²) < 4.78 is 5.47. The van der Waals surface area contributed by atoms with Crippen molar-refractivity contribution < 1.29 is 14.6 Å². The number of anilines is 1. The van der Waals surface area contributed by atoms with Gasteiger partial charge >= 0.3 is 5.97 Å². The molecule has 2 N–H and O–H groups in total. The van der Waals surface area contributed by atoms with E-state index in [0.29, 0.717) is 18.3 Å². The summed E-state index contributed by atoms with van der Waals surface area (Å²) in [4.78, 5) is 11.1. The standard InChI is InChI=1S/C14H21NO3/c1-4-7-18-13-8-11(15-9-10(2)3)5-6-12(13)14(16)17/h5-6,8,10,15H,4,7,9H2,1-3H3,(H,16,17). The first-order valence-electron chi connectivity index (χ1n) is 6.28. The maximum Gasteiger partial charge on any atom is 0.339 e. The van der Waals surface area contributed by atoms with Gasteiger partial charge in [-0.15, -0.1) is 0 Å². The van der Waals surface area contributed by atoms with Crippen LogP contribution in [0.4, 0.5) is 5.69 Å². The van der Waals surface area contributed by atoms with E-state index in [2.05, 4.69) is 19.2 Å². The number of aromatic carboxylic acids is 1. The van der Waals surface area contributed by atoms with Crippen LogP contribution in [-0.4, -0.2) is 24.2 Å². The Morgan fingerprint density at radius 1 is 1.44 bits per heavy atom. The Hall–Kier alpha value is -1.71.